The number of anilines is 1. The number of nitrogens with zero attached hydrogens (tertiary/aromatic N) is 2. The zero-order valence-electron chi connectivity index (χ0n) is 11.6. The van der Waals surface area contributed by atoms with Crippen LogP contribution in [0.5, 0.6) is 0 Å². The highest BCUT2D eigenvalue weighted by Crippen LogP contribution is 2.33. The van der Waals surface area contributed by atoms with E-state index in [9.17, 15) is 13.2 Å². The second kappa shape index (κ2) is 5.06. The smallest absolute Gasteiger partial charge is 0.365 e. The standard InChI is InChI=1S/C16H15F3N2/c1-11-4-6-20-9-15(11)21-7-5-12-2-3-14(16(17,18)19)8-13(12)10-21/h2-4,6,8-9H,5,7,10H2,1H3. The van der Waals surface area contributed by atoms with Crippen molar-refractivity contribution in [2.24, 2.45) is 0 Å². The second-order valence-corrected chi connectivity index (χ2v) is 5.31. The van der Waals surface area contributed by atoms with Gasteiger partial charge < -0.3 is 4.90 Å². The van der Waals surface area contributed by atoms with Gasteiger partial charge in [0.15, 0.2) is 0 Å². The molecule has 0 atom stereocenters. The lowest BCUT2D eigenvalue weighted by molar-refractivity contribution is -0.137. The van der Waals surface area contributed by atoms with Gasteiger partial charge in [-0.3, -0.25) is 4.98 Å². The summed E-state index contributed by atoms with van der Waals surface area (Å²) >= 11 is 0. The quantitative estimate of drug-likeness (QED) is 0.790. The van der Waals surface area contributed by atoms with E-state index in [1.165, 1.54) is 12.1 Å². The zero-order valence-corrected chi connectivity index (χ0v) is 11.6. The zero-order chi connectivity index (χ0) is 15.0. The fraction of sp³-hybridized carbons (Fsp3) is 0.312. The van der Waals surface area contributed by atoms with Crippen LogP contribution in [0.4, 0.5) is 18.9 Å². The first kappa shape index (κ1) is 13.9. The predicted octanol–water partition coefficient (Wildman–Crippen LogP) is 3.97. The molecule has 0 radical (unpaired) electrons. The van der Waals surface area contributed by atoms with E-state index < -0.39 is 11.7 Å². The predicted molar refractivity (Wildman–Crippen MR) is 75.2 cm³/mol. The number of alkyl halides is 3. The van der Waals surface area contributed by atoms with E-state index in [0.29, 0.717) is 6.54 Å². The third kappa shape index (κ3) is 2.73. The Morgan fingerprint density at radius 3 is 2.67 bits per heavy atom. The van der Waals surface area contributed by atoms with Crippen LogP contribution in [0.2, 0.25) is 0 Å². The van der Waals surface area contributed by atoms with Crippen LogP contribution >= 0.6 is 0 Å². The van der Waals surface area contributed by atoms with Crippen molar-refractivity contribution in [2.75, 3.05) is 11.4 Å². The molecule has 1 aliphatic rings. The molecule has 21 heavy (non-hydrogen) atoms. The fourth-order valence-corrected chi connectivity index (χ4v) is 2.73. The summed E-state index contributed by atoms with van der Waals surface area (Å²) in [6.07, 6.45) is -0.0459. The van der Waals surface area contributed by atoms with Gasteiger partial charge in [0.1, 0.15) is 0 Å². The Bertz CT molecular complexity index is 665. The molecular formula is C16H15F3N2. The maximum Gasteiger partial charge on any atom is 0.416 e. The van der Waals surface area contributed by atoms with E-state index in [4.69, 9.17) is 0 Å². The molecule has 0 amide bonds. The van der Waals surface area contributed by atoms with Crippen molar-refractivity contribution < 1.29 is 13.2 Å². The van der Waals surface area contributed by atoms with Crippen LogP contribution in [0.1, 0.15) is 22.3 Å². The Balaban J connectivity index is 1.93. The number of hydrogen-bond acceptors (Lipinski definition) is 2. The van der Waals surface area contributed by atoms with Crippen LogP contribution in [0, 0.1) is 6.92 Å². The number of hydrogen-bond donors (Lipinski definition) is 0. The topological polar surface area (TPSA) is 16.1 Å². The summed E-state index contributed by atoms with van der Waals surface area (Å²) < 4.78 is 38.5. The Kier molecular flexibility index (Phi) is 3.35. The van der Waals surface area contributed by atoms with E-state index in [0.717, 1.165) is 35.3 Å². The minimum Gasteiger partial charge on any atom is -0.365 e. The number of benzene rings is 1. The molecule has 0 bridgehead atoms. The number of halogens is 3. The van der Waals surface area contributed by atoms with E-state index in [1.807, 2.05) is 13.0 Å². The highest BCUT2D eigenvalue weighted by Gasteiger charge is 2.31. The Labute approximate surface area is 121 Å². The third-order valence-electron chi connectivity index (χ3n) is 3.90. The summed E-state index contributed by atoms with van der Waals surface area (Å²) in [6, 6.07) is 5.96. The van der Waals surface area contributed by atoms with Crippen molar-refractivity contribution in [3.63, 3.8) is 0 Å². The molecule has 1 aromatic heterocycles. The molecule has 5 heteroatoms. The summed E-state index contributed by atoms with van der Waals surface area (Å²) in [4.78, 5) is 6.20. The molecule has 0 unspecified atom stereocenters. The van der Waals surface area contributed by atoms with Gasteiger partial charge in [-0.2, -0.15) is 13.2 Å². The molecular weight excluding hydrogens is 277 g/mol. The normalized spacial score (nSPS) is 15.0. The average Bonchev–Trinajstić information content (AvgIpc) is 2.45. The number of pyridine rings is 1. The van der Waals surface area contributed by atoms with Crippen molar-refractivity contribution in [3.8, 4) is 0 Å². The molecule has 0 aliphatic carbocycles. The van der Waals surface area contributed by atoms with Crippen LogP contribution < -0.4 is 4.90 Å². The number of rotatable bonds is 1. The maximum absolute atomic E-state index is 12.8. The van der Waals surface area contributed by atoms with E-state index in [2.05, 4.69) is 9.88 Å². The van der Waals surface area contributed by atoms with Gasteiger partial charge in [0, 0.05) is 19.3 Å². The van der Waals surface area contributed by atoms with Gasteiger partial charge in [-0.15, -0.1) is 0 Å². The van der Waals surface area contributed by atoms with Crippen molar-refractivity contribution in [3.05, 3.63) is 58.9 Å². The van der Waals surface area contributed by atoms with Gasteiger partial charge in [0.25, 0.3) is 0 Å². The summed E-state index contributed by atoms with van der Waals surface area (Å²) in [5.41, 5.74) is 3.24. The van der Waals surface area contributed by atoms with Crippen LogP contribution in [0.15, 0.2) is 36.7 Å². The number of fused-ring (bicyclic) bond motifs is 1. The van der Waals surface area contributed by atoms with Crippen molar-refractivity contribution in [1.29, 1.82) is 0 Å². The highest BCUT2D eigenvalue weighted by atomic mass is 19.4. The van der Waals surface area contributed by atoms with Crippen LogP contribution in [-0.4, -0.2) is 11.5 Å². The molecule has 0 saturated heterocycles. The lowest BCUT2D eigenvalue weighted by atomic mass is 9.96. The first-order valence-corrected chi connectivity index (χ1v) is 6.80. The minimum absolute atomic E-state index is 0.492. The van der Waals surface area contributed by atoms with Crippen molar-refractivity contribution >= 4 is 5.69 Å². The molecule has 110 valence electrons. The Morgan fingerprint density at radius 2 is 1.95 bits per heavy atom. The monoisotopic (exact) mass is 292 g/mol. The van der Waals surface area contributed by atoms with Gasteiger partial charge in [-0.05, 0) is 48.2 Å². The minimum atomic E-state index is -4.29. The first-order valence-electron chi connectivity index (χ1n) is 6.80. The van der Waals surface area contributed by atoms with Gasteiger partial charge in [0.05, 0.1) is 17.4 Å². The highest BCUT2D eigenvalue weighted by molar-refractivity contribution is 5.53. The van der Waals surface area contributed by atoms with Gasteiger partial charge in [-0.25, -0.2) is 0 Å². The second-order valence-electron chi connectivity index (χ2n) is 5.31. The molecule has 2 nitrogen and oxygen atoms in total. The first-order chi connectivity index (χ1) is 9.95. The third-order valence-corrected chi connectivity index (χ3v) is 3.90. The molecule has 3 rings (SSSR count). The lowest BCUT2D eigenvalue weighted by Gasteiger charge is -2.32. The largest absolute Gasteiger partial charge is 0.416 e. The molecule has 2 heterocycles. The van der Waals surface area contributed by atoms with Gasteiger partial charge in [-0.1, -0.05) is 6.07 Å². The van der Waals surface area contributed by atoms with Gasteiger partial charge >= 0.3 is 6.18 Å². The molecule has 0 spiro atoms. The molecule has 0 saturated carbocycles. The van der Waals surface area contributed by atoms with Crippen molar-refractivity contribution in [2.45, 2.75) is 26.1 Å². The molecule has 1 aliphatic heterocycles. The SMILES string of the molecule is Cc1ccncc1N1CCc2ccc(C(F)(F)F)cc2C1. The van der Waals surface area contributed by atoms with Crippen LogP contribution in [-0.2, 0) is 19.1 Å². The Hall–Kier alpha value is -2.04. The van der Waals surface area contributed by atoms with Crippen LogP contribution in [0.3, 0.4) is 0 Å². The molecule has 0 fully saturated rings. The summed E-state index contributed by atoms with van der Waals surface area (Å²) in [7, 11) is 0. The summed E-state index contributed by atoms with van der Waals surface area (Å²) in [6.45, 7) is 3.27. The van der Waals surface area contributed by atoms with Crippen LogP contribution in [0.25, 0.3) is 0 Å². The molecule has 0 N–H and O–H groups in total. The number of aromatic nitrogens is 1. The maximum atomic E-state index is 12.8. The van der Waals surface area contributed by atoms with Crippen molar-refractivity contribution in [1.82, 2.24) is 4.98 Å². The van der Waals surface area contributed by atoms with E-state index in [1.54, 1.807) is 18.5 Å². The average molecular weight is 292 g/mol. The Morgan fingerprint density at radius 1 is 1.14 bits per heavy atom. The fourth-order valence-electron chi connectivity index (χ4n) is 2.73. The molecule has 1 aromatic carbocycles. The molecule has 2 aromatic rings. The summed E-state index contributed by atoms with van der Waals surface area (Å²) in [5, 5.41) is 0. The number of aryl methyl sites for hydroxylation is 1. The van der Waals surface area contributed by atoms with E-state index in [-0.39, 0.29) is 0 Å². The lowest BCUT2D eigenvalue weighted by Crippen LogP contribution is -2.31. The van der Waals surface area contributed by atoms with E-state index >= 15 is 0 Å². The van der Waals surface area contributed by atoms with Gasteiger partial charge in [0.2, 0.25) is 0 Å². The summed E-state index contributed by atoms with van der Waals surface area (Å²) in [5.74, 6) is 0.